The Morgan fingerprint density at radius 1 is 1.43 bits per heavy atom. The minimum atomic E-state index is 0.320. The number of amides is 1. The summed E-state index contributed by atoms with van der Waals surface area (Å²) in [5, 5.41) is 3.31. The van der Waals surface area contributed by atoms with Crippen molar-refractivity contribution in [3.63, 3.8) is 0 Å². The fourth-order valence-corrected chi connectivity index (χ4v) is 3.82. The second-order valence-corrected chi connectivity index (χ2v) is 6.85. The van der Waals surface area contributed by atoms with Crippen LogP contribution >= 0.6 is 11.3 Å². The second-order valence-electron chi connectivity index (χ2n) is 5.96. The highest BCUT2D eigenvalue weighted by Gasteiger charge is 2.26. The first-order valence-corrected chi connectivity index (χ1v) is 8.98. The van der Waals surface area contributed by atoms with Gasteiger partial charge < -0.3 is 10.6 Å². The number of piperidine rings is 1. The molecule has 1 aliphatic rings. The molecule has 1 unspecified atom stereocenters. The summed E-state index contributed by atoms with van der Waals surface area (Å²) < 4.78 is 0. The molecule has 1 saturated heterocycles. The molecule has 0 bridgehead atoms. The number of unbranched alkanes of at least 4 members (excludes halogenated alkanes) is 3. The lowest BCUT2D eigenvalue weighted by Gasteiger charge is -2.32. The molecule has 2 rings (SSSR count). The Kier molecular flexibility index (Phi) is 6.64. The van der Waals surface area contributed by atoms with Gasteiger partial charge in [-0.1, -0.05) is 12.8 Å². The van der Waals surface area contributed by atoms with Crippen molar-refractivity contribution in [2.75, 3.05) is 19.6 Å². The molecule has 0 saturated carbocycles. The van der Waals surface area contributed by atoms with Gasteiger partial charge in [0.2, 0.25) is 5.91 Å². The van der Waals surface area contributed by atoms with Gasteiger partial charge in [-0.25, -0.2) is 4.98 Å². The molecule has 1 aromatic heterocycles. The zero-order chi connectivity index (χ0) is 15.1. The Bertz CT molecular complexity index is 446. The second kappa shape index (κ2) is 8.49. The highest BCUT2D eigenvalue weighted by Crippen LogP contribution is 2.29. The number of aromatic nitrogens is 1. The molecule has 1 aromatic rings. The molecule has 1 atom stereocenters. The highest BCUT2D eigenvalue weighted by molar-refractivity contribution is 7.09. The van der Waals surface area contributed by atoms with Crippen LogP contribution in [-0.4, -0.2) is 35.4 Å². The first kappa shape index (κ1) is 16.4. The van der Waals surface area contributed by atoms with Gasteiger partial charge in [0.05, 0.1) is 5.01 Å². The third-order valence-electron chi connectivity index (χ3n) is 4.10. The molecule has 21 heavy (non-hydrogen) atoms. The maximum atomic E-state index is 12.3. The Morgan fingerprint density at radius 3 is 2.95 bits per heavy atom. The minimum absolute atomic E-state index is 0.320. The van der Waals surface area contributed by atoms with Crippen LogP contribution in [-0.2, 0) is 4.79 Å². The predicted octanol–water partition coefficient (Wildman–Crippen LogP) is 3.07. The standard InChI is InChI=1S/C16H27N3OS/c1-13-12-21-16(18-13)14-7-6-10-19(11-14)15(20)8-4-2-3-5-9-17/h12,14H,2-11,17H2,1H3. The molecule has 1 fully saturated rings. The van der Waals surface area contributed by atoms with Gasteiger partial charge in [0.1, 0.15) is 0 Å². The summed E-state index contributed by atoms with van der Waals surface area (Å²) in [6, 6.07) is 0. The van der Waals surface area contributed by atoms with E-state index in [-0.39, 0.29) is 0 Å². The number of likely N-dealkylation sites (tertiary alicyclic amines) is 1. The monoisotopic (exact) mass is 309 g/mol. The molecular weight excluding hydrogens is 282 g/mol. The number of rotatable bonds is 7. The van der Waals surface area contributed by atoms with Crippen molar-refractivity contribution >= 4 is 17.2 Å². The normalized spacial score (nSPS) is 19.0. The van der Waals surface area contributed by atoms with E-state index in [1.807, 2.05) is 11.8 Å². The first-order chi connectivity index (χ1) is 10.2. The van der Waals surface area contributed by atoms with E-state index in [1.54, 1.807) is 11.3 Å². The summed E-state index contributed by atoms with van der Waals surface area (Å²) in [7, 11) is 0. The van der Waals surface area contributed by atoms with E-state index in [2.05, 4.69) is 10.4 Å². The Labute approximate surface area is 131 Å². The number of carbonyl (C=O) groups excluding carboxylic acids is 1. The first-order valence-electron chi connectivity index (χ1n) is 8.10. The molecule has 118 valence electrons. The average Bonchev–Trinajstić information content (AvgIpc) is 2.93. The van der Waals surface area contributed by atoms with E-state index in [1.165, 1.54) is 5.01 Å². The molecule has 1 amide bonds. The molecule has 1 aliphatic heterocycles. The van der Waals surface area contributed by atoms with E-state index >= 15 is 0 Å². The van der Waals surface area contributed by atoms with Crippen LogP contribution in [0.15, 0.2) is 5.38 Å². The van der Waals surface area contributed by atoms with Crippen LogP contribution in [0, 0.1) is 6.92 Å². The van der Waals surface area contributed by atoms with Crippen LogP contribution in [0.25, 0.3) is 0 Å². The number of nitrogens with zero attached hydrogens (tertiary/aromatic N) is 2. The minimum Gasteiger partial charge on any atom is -0.342 e. The predicted molar refractivity (Wildman–Crippen MR) is 87.5 cm³/mol. The van der Waals surface area contributed by atoms with Gasteiger partial charge in [0.25, 0.3) is 0 Å². The molecule has 4 nitrogen and oxygen atoms in total. The van der Waals surface area contributed by atoms with E-state index in [4.69, 9.17) is 5.73 Å². The Hall–Kier alpha value is -0.940. The highest BCUT2D eigenvalue weighted by atomic mass is 32.1. The Morgan fingerprint density at radius 2 is 2.24 bits per heavy atom. The lowest BCUT2D eigenvalue weighted by Crippen LogP contribution is -2.39. The van der Waals surface area contributed by atoms with E-state index in [0.29, 0.717) is 18.2 Å². The number of nitrogens with two attached hydrogens (primary N) is 1. The van der Waals surface area contributed by atoms with Gasteiger partial charge in [-0.15, -0.1) is 11.3 Å². The van der Waals surface area contributed by atoms with Crippen molar-refractivity contribution in [1.82, 2.24) is 9.88 Å². The van der Waals surface area contributed by atoms with Crippen LogP contribution in [0.3, 0.4) is 0 Å². The van der Waals surface area contributed by atoms with Gasteiger partial charge in [-0.05, 0) is 39.2 Å². The number of aryl methyl sites for hydroxylation is 1. The SMILES string of the molecule is Cc1csc(C2CCCN(C(=O)CCCCCCN)C2)n1. The molecule has 0 spiro atoms. The molecule has 5 heteroatoms. The summed E-state index contributed by atoms with van der Waals surface area (Å²) in [5.74, 6) is 0.763. The van der Waals surface area contributed by atoms with Gasteiger partial charge in [0.15, 0.2) is 0 Å². The van der Waals surface area contributed by atoms with Crippen LogP contribution in [0.5, 0.6) is 0 Å². The fraction of sp³-hybridized carbons (Fsp3) is 0.750. The molecule has 0 aliphatic carbocycles. The van der Waals surface area contributed by atoms with Crippen molar-refractivity contribution in [3.8, 4) is 0 Å². The summed E-state index contributed by atoms with van der Waals surface area (Å²) in [6.45, 7) is 4.57. The van der Waals surface area contributed by atoms with Crippen molar-refractivity contribution in [3.05, 3.63) is 16.1 Å². The summed E-state index contributed by atoms with van der Waals surface area (Å²) >= 11 is 1.74. The molecular formula is C16H27N3OS. The number of hydrogen-bond acceptors (Lipinski definition) is 4. The molecule has 2 N–H and O–H groups in total. The number of carbonyl (C=O) groups is 1. The van der Waals surface area contributed by atoms with Crippen molar-refractivity contribution in [2.45, 2.75) is 57.8 Å². The van der Waals surface area contributed by atoms with Crippen molar-refractivity contribution < 1.29 is 4.79 Å². The molecule has 2 heterocycles. The quantitative estimate of drug-likeness (QED) is 0.787. The van der Waals surface area contributed by atoms with Crippen molar-refractivity contribution in [2.24, 2.45) is 5.73 Å². The smallest absolute Gasteiger partial charge is 0.222 e. The lowest BCUT2D eigenvalue weighted by molar-refractivity contribution is -0.132. The Balaban J connectivity index is 1.76. The molecule has 0 aromatic carbocycles. The van der Waals surface area contributed by atoms with E-state index < -0.39 is 0 Å². The third kappa shape index (κ3) is 5.08. The maximum Gasteiger partial charge on any atom is 0.222 e. The van der Waals surface area contributed by atoms with Crippen LogP contribution in [0.4, 0.5) is 0 Å². The summed E-state index contributed by atoms with van der Waals surface area (Å²) in [5.41, 5.74) is 6.58. The van der Waals surface area contributed by atoms with Crippen LogP contribution < -0.4 is 5.73 Å². The third-order valence-corrected chi connectivity index (χ3v) is 5.23. The lowest BCUT2D eigenvalue weighted by atomic mass is 9.98. The van der Waals surface area contributed by atoms with Crippen LogP contribution in [0.2, 0.25) is 0 Å². The fourth-order valence-electron chi connectivity index (χ4n) is 2.90. The molecule has 0 radical (unpaired) electrons. The zero-order valence-corrected chi connectivity index (χ0v) is 13.8. The average molecular weight is 309 g/mol. The van der Waals surface area contributed by atoms with E-state index in [9.17, 15) is 4.79 Å². The summed E-state index contributed by atoms with van der Waals surface area (Å²) in [6.07, 6.45) is 7.28. The summed E-state index contributed by atoms with van der Waals surface area (Å²) in [4.78, 5) is 18.9. The van der Waals surface area contributed by atoms with Gasteiger partial charge in [-0.2, -0.15) is 0 Å². The van der Waals surface area contributed by atoms with Gasteiger partial charge in [0, 0.05) is 36.5 Å². The van der Waals surface area contributed by atoms with Crippen molar-refractivity contribution in [1.29, 1.82) is 0 Å². The van der Waals surface area contributed by atoms with Crippen LogP contribution in [0.1, 0.15) is 61.6 Å². The van der Waals surface area contributed by atoms with E-state index in [0.717, 1.165) is 63.9 Å². The van der Waals surface area contributed by atoms with Gasteiger partial charge in [-0.3, -0.25) is 4.79 Å². The maximum absolute atomic E-state index is 12.3. The number of thiazole rings is 1. The number of hydrogen-bond donors (Lipinski definition) is 1. The topological polar surface area (TPSA) is 59.2 Å². The largest absolute Gasteiger partial charge is 0.342 e. The zero-order valence-electron chi connectivity index (χ0n) is 13.0. The van der Waals surface area contributed by atoms with Gasteiger partial charge >= 0.3 is 0 Å².